The molecule has 1 aromatic carbocycles. The zero-order valence-corrected chi connectivity index (χ0v) is 16.1. The van der Waals surface area contributed by atoms with Crippen molar-refractivity contribution in [2.24, 2.45) is 0 Å². The van der Waals surface area contributed by atoms with E-state index in [0.29, 0.717) is 30.4 Å². The molecule has 1 fully saturated rings. The Morgan fingerprint density at radius 3 is 2.58 bits per heavy atom. The summed E-state index contributed by atoms with van der Waals surface area (Å²) in [6.45, 7) is 4.95. The molecular formula is C19H24N2O4S. The summed E-state index contributed by atoms with van der Waals surface area (Å²) in [5, 5.41) is 2.25. The second-order valence-electron chi connectivity index (χ2n) is 6.29. The van der Waals surface area contributed by atoms with E-state index in [0.717, 1.165) is 22.2 Å². The maximum atomic E-state index is 12.4. The molecule has 0 aromatic heterocycles. The van der Waals surface area contributed by atoms with Gasteiger partial charge >= 0.3 is 0 Å². The van der Waals surface area contributed by atoms with Crippen molar-refractivity contribution >= 4 is 34.9 Å². The molecule has 1 aliphatic heterocycles. The lowest BCUT2D eigenvalue weighted by Crippen LogP contribution is -2.39. The molecule has 2 rings (SSSR count). The van der Waals surface area contributed by atoms with Crippen LogP contribution in [0.3, 0.4) is 0 Å². The van der Waals surface area contributed by atoms with Gasteiger partial charge in [-0.1, -0.05) is 38.1 Å². The Morgan fingerprint density at radius 1 is 1.27 bits per heavy atom. The van der Waals surface area contributed by atoms with Crippen LogP contribution in [-0.4, -0.2) is 48.8 Å². The molecule has 0 aliphatic carbocycles. The predicted octanol–water partition coefficient (Wildman–Crippen LogP) is 3.00. The summed E-state index contributed by atoms with van der Waals surface area (Å²) in [5.74, 6) is -0.357. The topological polar surface area (TPSA) is 75.7 Å². The van der Waals surface area contributed by atoms with Crippen LogP contribution >= 0.6 is 11.8 Å². The van der Waals surface area contributed by atoms with Gasteiger partial charge in [0.15, 0.2) is 0 Å². The lowest BCUT2D eigenvalue weighted by molar-refractivity contribution is -0.129. The Morgan fingerprint density at radius 2 is 1.96 bits per heavy atom. The molecule has 0 atom stereocenters. The van der Waals surface area contributed by atoms with Gasteiger partial charge in [-0.05, 0) is 41.3 Å². The van der Waals surface area contributed by atoms with Gasteiger partial charge in [0, 0.05) is 20.3 Å². The predicted molar refractivity (Wildman–Crippen MR) is 103 cm³/mol. The highest BCUT2D eigenvalue weighted by atomic mass is 32.2. The van der Waals surface area contributed by atoms with Crippen molar-refractivity contribution in [2.45, 2.75) is 26.2 Å². The van der Waals surface area contributed by atoms with Gasteiger partial charge in [0.1, 0.15) is 6.54 Å². The van der Waals surface area contributed by atoms with Crippen LogP contribution in [0.5, 0.6) is 0 Å². The minimum Gasteiger partial charge on any atom is -0.385 e. The molecule has 140 valence electrons. The van der Waals surface area contributed by atoms with E-state index in [1.54, 1.807) is 13.2 Å². The number of nitrogens with one attached hydrogen (secondary N) is 1. The average molecular weight is 376 g/mol. The van der Waals surface area contributed by atoms with Crippen molar-refractivity contribution in [1.29, 1.82) is 0 Å². The molecule has 0 radical (unpaired) electrons. The Bertz CT molecular complexity index is 698. The lowest BCUT2D eigenvalue weighted by atomic mass is 10.0. The van der Waals surface area contributed by atoms with Crippen LogP contribution < -0.4 is 5.32 Å². The first-order valence-corrected chi connectivity index (χ1v) is 9.35. The SMILES string of the molecule is COCCCNC(=O)CN1C(=O)S/C(=C\c2ccc(C(C)C)cc2)C1=O. The van der Waals surface area contributed by atoms with E-state index >= 15 is 0 Å². The van der Waals surface area contributed by atoms with Crippen molar-refractivity contribution in [3.63, 3.8) is 0 Å². The molecule has 7 heteroatoms. The summed E-state index contributed by atoms with van der Waals surface area (Å²) >= 11 is 0.860. The standard InChI is InChI=1S/C19H24N2O4S/c1-13(2)15-7-5-14(6-8-15)11-16-18(23)21(19(24)26-16)12-17(22)20-9-4-10-25-3/h5-8,11,13H,4,9-10,12H2,1-3H3,(H,20,22)/b16-11-. The minimum atomic E-state index is -0.431. The summed E-state index contributed by atoms with van der Waals surface area (Å²) < 4.78 is 4.90. The third kappa shape index (κ3) is 5.44. The molecular weight excluding hydrogens is 352 g/mol. The summed E-state index contributed by atoms with van der Waals surface area (Å²) in [6, 6.07) is 7.86. The minimum absolute atomic E-state index is 0.263. The van der Waals surface area contributed by atoms with E-state index < -0.39 is 11.1 Å². The molecule has 1 N–H and O–H groups in total. The summed E-state index contributed by atoms with van der Waals surface area (Å²) in [5.41, 5.74) is 2.06. The number of carbonyl (C=O) groups is 3. The number of benzene rings is 1. The molecule has 0 unspecified atom stereocenters. The maximum Gasteiger partial charge on any atom is 0.294 e. The van der Waals surface area contributed by atoms with E-state index in [1.807, 2.05) is 24.3 Å². The van der Waals surface area contributed by atoms with Crippen LogP contribution in [0.25, 0.3) is 6.08 Å². The van der Waals surface area contributed by atoms with Crippen LogP contribution in [0.2, 0.25) is 0 Å². The van der Waals surface area contributed by atoms with Crippen molar-refractivity contribution in [2.75, 3.05) is 26.8 Å². The quantitative estimate of drug-likeness (QED) is 0.558. The number of hydrogen-bond donors (Lipinski definition) is 1. The van der Waals surface area contributed by atoms with Gasteiger partial charge in [-0.15, -0.1) is 0 Å². The summed E-state index contributed by atoms with van der Waals surface area (Å²) in [7, 11) is 1.59. The number of carbonyl (C=O) groups excluding carboxylic acids is 3. The number of thioether (sulfide) groups is 1. The molecule has 1 aromatic rings. The average Bonchev–Trinajstić information content (AvgIpc) is 2.86. The van der Waals surface area contributed by atoms with Gasteiger partial charge in [-0.25, -0.2) is 0 Å². The normalized spacial score (nSPS) is 16.0. The smallest absolute Gasteiger partial charge is 0.294 e. The first-order valence-electron chi connectivity index (χ1n) is 8.53. The summed E-state index contributed by atoms with van der Waals surface area (Å²) in [6.07, 6.45) is 2.36. The number of imide groups is 1. The van der Waals surface area contributed by atoms with E-state index in [-0.39, 0.29) is 12.5 Å². The fraction of sp³-hybridized carbons (Fsp3) is 0.421. The number of methoxy groups -OCH3 is 1. The fourth-order valence-electron chi connectivity index (χ4n) is 2.41. The molecule has 26 heavy (non-hydrogen) atoms. The Hall–Kier alpha value is -2.12. The van der Waals surface area contributed by atoms with E-state index in [2.05, 4.69) is 19.2 Å². The van der Waals surface area contributed by atoms with E-state index in [4.69, 9.17) is 4.74 Å². The molecule has 0 saturated carbocycles. The van der Waals surface area contributed by atoms with Gasteiger partial charge < -0.3 is 10.1 Å². The second kappa shape index (κ2) is 9.54. The Kier molecular flexibility index (Phi) is 7.41. The first kappa shape index (κ1) is 20.2. The van der Waals surface area contributed by atoms with Gasteiger partial charge in [0.2, 0.25) is 5.91 Å². The molecule has 3 amide bonds. The van der Waals surface area contributed by atoms with Gasteiger partial charge in [-0.3, -0.25) is 19.3 Å². The third-order valence-corrected chi connectivity index (χ3v) is 4.83. The number of ether oxygens (including phenoxy) is 1. The Balaban J connectivity index is 1.98. The fourth-order valence-corrected chi connectivity index (χ4v) is 3.25. The van der Waals surface area contributed by atoms with Crippen LogP contribution in [0, 0.1) is 0 Å². The zero-order valence-electron chi connectivity index (χ0n) is 15.3. The van der Waals surface area contributed by atoms with Crippen molar-refractivity contribution in [1.82, 2.24) is 10.2 Å². The first-order chi connectivity index (χ1) is 12.4. The highest BCUT2D eigenvalue weighted by Gasteiger charge is 2.36. The largest absolute Gasteiger partial charge is 0.385 e. The molecule has 6 nitrogen and oxygen atoms in total. The van der Waals surface area contributed by atoms with Gasteiger partial charge in [-0.2, -0.15) is 0 Å². The zero-order chi connectivity index (χ0) is 19.1. The highest BCUT2D eigenvalue weighted by molar-refractivity contribution is 8.18. The molecule has 0 bridgehead atoms. The highest BCUT2D eigenvalue weighted by Crippen LogP contribution is 2.32. The number of amides is 3. The van der Waals surface area contributed by atoms with E-state index in [9.17, 15) is 14.4 Å². The van der Waals surface area contributed by atoms with Crippen LogP contribution in [0.15, 0.2) is 29.2 Å². The molecule has 1 aliphatic rings. The summed E-state index contributed by atoms with van der Waals surface area (Å²) in [4.78, 5) is 37.7. The van der Waals surface area contributed by atoms with Gasteiger partial charge in [0.25, 0.3) is 11.1 Å². The number of hydrogen-bond acceptors (Lipinski definition) is 5. The maximum absolute atomic E-state index is 12.4. The van der Waals surface area contributed by atoms with Crippen molar-refractivity contribution in [3.05, 3.63) is 40.3 Å². The second-order valence-corrected chi connectivity index (χ2v) is 7.28. The van der Waals surface area contributed by atoms with Crippen LogP contribution in [0.4, 0.5) is 4.79 Å². The molecule has 0 spiro atoms. The third-order valence-electron chi connectivity index (χ3n) is 3.92. The van der Waals surface area contributed by atoms with Crippen molar-refractivity contribution < 1.29 is 19.1 Å². The molecule has 1 heterocycles. The van der Waals surface area contributed by atoms with Crippen LogP contribution in [-0.2, 0) is 14.3 Å². The lowest BCUT2D eigenvalue weighted by Gasteiger charge is -2.12. The Labute approximate surface area is 158 Å². The monoisotopic (exact) mass is 376 g/mol. The van der Waals surface area contributed by atoms with Crippen molar-refractivity contribution in [3.8, 4) is 0 Å². The van der Waals surface area contributed by atoms with Gasteiger partial charge in [0.05, 0.1) is 4.91 Å². The van der Waals surface area contributed by atoms with Crippen LogP contribution in [0.1, 0.15) is 37.3 Å². The number of rotatable bonds is 8. The molecule has 1 saturated heterocycles. The number of nitrogens with zero attached hydrogens (tertiary/aromatic N) is 1. The van der Waals surface area contributed by atoms with E-state index in [1.165, 1.54) is 5.56 Å².